The van der Waals surface area contributed by atoms with Crippen LogP contribution in [0.3, 0.4) is 0 Å². The summed E-state index contributed by atoms with van der Waals surface area (Å²) in [7, 11) is -8.26. The van der Waals surface area contributed by atoms with Crippen molar-refractivity contribution in [3.8, 4) is 5.75 Å². The van der Waals surface area contributed by atoms with Crippen LogP contribution in [0.1, 0.15) is 48.4 Å². The number of carbonyl (C=O) groups is 1. The summed E-state index contributed by atoms with van der Waals surface area (Å²) in [6.07, 6.45) is 1.72. The van der Waals surface area contributed by atoms with E-state index in [1.165, 1.54) is 7.11 Å². The number of sulfonamides is 1. The highest BCUT2D eigenvalue weighted by Crippen LogP contribution is 2.40. The van der Waals surface area contributed by atoms with E-state index in [4.69, 9.17) is 14.2 Å². The van der Waals surface area contributed by atoms with Crippen LogP contribution in [-0.2, 0) is 34.1 Å². The van der Waals surface area contributed by atoms with Gasteiger partial charge in [0.05, 0.1) is 31.3 Å². The summed E-state index contributed by atoms with van der Waals surface area (Å²) in [5, 5.41) is -1.06. The van der Waals surface area contributed by atoms with Gasteiger partial charge in [-0.05, 0) is 99.5 Å². The van der Waals surface area contributed by atoms with Crippen LogP contribution < -0.4 is 4.74 Å². The number of methoxy groups -OCH3 is 2. The molecule has 0 aliphatic heterocycles. The second-order valence-corrected chi connectivity index (χ2v) is 23.2. The molecule has 0 fully saturated rings. The zero-order valence-electron chi connectivity index (χ0n) is 28.3. The molecular weight excluding hydrogens is 633 g/mol. The Kier molecular flexibility index (Phi) is 11.1. The number of aromatic amines is 1. The molecular formula is C32H48N2O8S2Si. The molecule has 0 saturated carbocycles. The maximum Gasteiger partial charge on any atom is 0.326 e. The van der Waals surface area contributed by atoms with Gasteiger partial charge >= 0.3 is 5.97 Å². The van der Waals surface area contributed by atoms with Crippen LogP contribution >= 0.6 is 0 Å². The number of ether oxygens (including phenoxy) is 3. The summed E-state index contributed by atoms with van der Waals surface area (Å²) in [5.41, 5.74) is 1.50. The first kappa shape index (κ1) is 36.8. The molecule has 0 bridgehead atoms. The predicted molar refractivity (Wildman–Crippen MR) is 181 cm³/mol. The van der Waals surface area contributed by atoms with E-state index in [-0.39, 0.29) is 16.2 Å². The number of hydrogen-bond donors (Lipinski definition) is 1. The van der Waals surface area contributed by atoms with Crippen molar-refractivity contribution >= 4 is 44.8 Å². The van der Waals surface area contributed by atoms with Gasteiger partial charge in [-0.15, -0.1) is 0 Å². The number of benzene rings is 2. The molecule has 3 rings (SSSR count). The third kappa shape index (κ3) is 8.36. The van der Waals surface area contributed by atoms with Crippen molar-refractivity contribution in [1.82, 2.24) is 9.29 Å². The second kappa shape index (κ2) is 13.6. The highest BCUT2D eigenvalue weighted by molar-refractivity contribution is 7.94. The Morgan fingerprint density at radius 2 is 1.62 bits per heavy atom. The van der Waals surface area contributed by atoms with Gasteiger partial charge in [0.15, 0.2) is 15.2 Å². The van der Waals surface area contributed by atoms with Crippen molar-refractivity contribution in [2.75, 3.05) is 26.6 Å². The predicted octanol–water partition coefficient (Wildman–Crippen LogP) is 5.90. The van der Waals surface area contributed by atoms with E-state index in [1.807, 2.05) is 0 Å². The number of aromatic nitrogens is 1. The van der Waals surface area contributed by atoms with Gasteiger partial charge in [0, 0.05) is 25.5 Å². The number of rotatable bonds is 13. The summed E-state index contributed by atoms with van der Waals surface area (Å²) in [5.74, 6) is -0.706. The Morgan fingerprint density at radius 3 is 2.18 bits per heavy atom. The smallest absolute Gasteiger partial charge is 0.326 e. The minimum atomic E-state index is -4.73. The van der Waals surface area contributed by atoms with E-state index < -0.39 is 57.5 Å². The first-order valence-corrected chi connectivity index (χ1v) is 21.7. The molecule has 1 N–H and O–H groups in total. The summed E-state index contributed by atoms with van der Waals surface area (Å²) < 4.78 is 77.0. The number of aryl methyl sites for hydroxylation is 1. The molecule has 1 unspecified atom stereocenters. The van der Waals surface area contributed by atoms with Crippen molar-refractivity contribution in [1.29, 1.82) is 0 Å². The van der Waals surface area contributed by atoms with Gasteiger partial charge in [-0.25, -0.2) is 16.8 Å². The Hall–Kier alpha value is -2.71. The van der Waals surface area contributed by atoms with Gasteiger partial charge in [0.1, 0.15) is 11.8 Å². The van der Waals surface area contributed by atoms with Crippen LogP contribution in [0.4, 0.5) is 0 Å². The van der Waals surface area contributed by atoms with Gasteiger partial charge in [-0.1, -0.05) is 25.7 Å². The number of hydrogen-bond acceptors (Lipinski definition) is 8. The summed E-state index contributed by atoms with van der Waals surface area (Å²) in [6.45, 7) is 16.0. The van der Waals surface area contributed by atoms with Crippen LogP contribution in [0, 0.1) is 20.8 Å². The summed E-state index contributed by atoms with van der Waals surface area (Å²) in [4.78, 5) is 16.6. The number of nitrogens with one attached hydrogen (secondary N) is 1. The fraction of sp³-hybridized carbons (Fsp3) is 0.531. The lowest BCUT2D eigenvalue weighted by molar-refractivity contribution is -0.149. The maximum atomic E-state index is 15.1. The van der Waals surface area contributed by atoms with Gasteiger partial charge in [0.2, 0.25) is 10.0 Å². The Labute approximate surface area is 269 Å². The maximum absolute atomic E-state index is 15.1. The SMILES string of the molecule is COC(=O)[C@@H](COC(C)(C)C)N(C(c1ccc2[nH]ccc2c1)S(=O)(=O)CC[Si](C)(C)C)S(=O)(=O)c1c(C)cc(OC)c(C)c1C. The van der Waals surface area contributed by atoms with Gasteiger partial charge in [-0.3, -0.25) is 4.79 Å². The normalized spacial score (nSPS) is 14.5. The second-order valence-electron chi connectivity index (χ2n) is 13.6. The van der Waals surface area contributed by atoms with Gasteiger partial charge in [-0.2, -0.15) is 4.31 Å². The first-order chi connectivity index (χ1) is 20.6. The lowest BCUT2D eigenvalue weighted by Crippen LogP contribution is -2.53. The monoisotopic (exact) mass is 680 g/mol. The molecule has 0 saturated heterocycles. The number of esters is 1. The standard InChI is InChI=1S/C32H48N2O8S2Si/c1-21-18-28(40-7)22(2)23(3)29(21)44(38,39)34(27(31(35)41-8)20-42-32(4,5)6)30(43(36,37)16-17-45(9,10)11)25-12-13-26-24(19-25)14-15-33-26/h12-15,18-19,27,30,33H,16-17,20H2,1-11H3/t27-,30?/m1/s1. The summed E-state index contributed by atoms with van der Waals surface area (Å²) >= 11 is 0. The van der Waals surface area contributed by atoms with Crippen LogP contribution in [0.5, 0.6) is 5.75 Å². The Morgan fingerprint density at radius 1 is 0.978 bits per heavy atom. The van der Waals surface area contributed by atoms with Crippen molar-refractivity contribution in [3.63, 3.8) is 0 Å². The molecule has 3 aromatic rings. The zero-order valence-corrected chi connectivity index (χ0v) is 30.9. The lowest BCUT2D eigenvalue weighted by Gasteiger charge is -2.37. The first-order valence-electron chi connectivity index (χ1n) is 14.8. The fourth-order valence-corrected chi connectivity index (χ4v) is 12.8. The zero-order chi connectivity index (χ0) is 34.1. The minimum Gasteiger partial charge on any atom is -0.496 e. The Bertz CT molecular complexity index is 1750. The van der Waals surface area contributed by atoms with Gasteiger partial charge in [0.25, 0.3) is 0 Å². The third-order valence-corrected chi connectivity index (χ3v) is 14.1. The van der Waals surface area contributed by atoms with Crippen LogP contribution in [0.2, 0.25) is 25.7 Å². The van der Waals surface area contributed by atoms with Crippen molar-refractivity contribution < 1.29 is 35.8 Å². The molecule has 2 aromatic carbocycles. The lowest BCUT2D eigenvalue weighted by atomic mass is 10.1. The molecule has 13 heteroatoms. The molecule has 250 valence electrons. The van der Waals surface area contributed by atoms with E-state index in [0.29, 0.717) is 33.9 Å². The van der Waals surface area contributed by atoms with Gasteiger partial charge < -0.3 is 19.2 Å². The average molecular weight is 681 g/mol. The molecule has 2 atom stereocenters. The average Bonchev–Trinajstić information content (AvgIpc) is 3.40. The Balaban J connectivity index is 2.48. The van der Waals surface area contributed by atoms with Crippen molar-refractivity contribution in [3.05, 3.63) is 58.8 Å². The molecule has 1 aromatic heterocycles. The molecule has 1 heterocycles. The number of carbonyl (C=O) groups excluding carboxylic acids is 1. The number of sulfone groups is 1. The minimum absolute atomic E-state index is 0.0985. The molecule has 0 amide bonds. The molecule has 0 aliphatic carbocycles. The van der Waals surface area contributed by atoms with Crippen LogP contribution in [0.25, 0.3) is 10.9 Å². The number of H-pyrrole nitrogens is 1. The number of nitrogens with zero attached hydrogens (tertiary/aromatic N) is 1. The van der Waals surface area contributed by atoms with E-state index >= 15 is 8.42 Å². The molecule has 0 radical (unpaired) electrons. The van der Waals surface area contributed by atoms with Crippen molar-refractivity contribution in [2.24, 2.45) is 0 Å². The fourth-order valence-electron chi connectivity index (χ4n) is 5.20. The third-order valence-electron chi connectivity index (χ3n) is 7.76. The van der Waals surface area contributed by atoms with Crippen LogP contribution in [0.15, 0.2) is 41.4 Å². The molecule has 0 aliphatic rings. The van der Waals surface area contributed by atoms with E-state index in [1.54, 1.807) is 78.1 Å². The van der Waals surface area contributed by atoms with Crippen LogP contribution in [-0.4, -0.2) is 78.4 Å². The molecule has 10 nitrogen and oxygen atoms in total. The topological polar surface area (TPSA) is 132 Å². The van der Waals surface area contributed by atoms with E-state index in [2.05, 4.69) is 24.6 Å². The highest BCUT2D eigenvalue weighted by Gasteiger charge is 2.49. The van der Waals surface area contributed by atoms with Crippen molar-refractivity contribution in [2.45, 2.75) is 89.1 Å². The summed E-state index contributed by atoms with van der Waals surface area (Å²) in [6, 6.07) is 7.11. The van der Waals surface area contributed by atoms with E-state index in [0.717, 1.165) is 16.9 Å². The number of fused-ring (bicyclic) bond motifs is 1. The van der Waals surface area contributed by atoms with E-state index in [9.17, 15) is 13.2 Å². The quantitative estimate of drug-likeness (QED) is 0.174. The largest absolute Gasteiger partial charge is 0.496 e. The molecule has 45 heavy (non-hydrogen) atoms. The highest BCUT2D eigenvalue weighted by atomic mass is 32.2. The molecule has 0 spiro atoms.